The number of allylic oxidation sites excluding steroid dienone is 1. The van der Waals surface area contributed by atoms with E-state index in [0.29, 0.717) is 5.56 Å². The Morgan fingerprint density at radius 1 is 0.947 bits per heavy atom. The molecular weight excluding hydrogens is 502 g/mol. The van der Waals surface area contributed by atoms with Crippen LogP contribution in [0, 0.1) is 18.2 Å². The van der Waals surface area contributed by atoms with E-state index in [2.05, 4.69) is 5.10 Å². The van der Waals surface area contributed by atoms with E-state index in [1.807, 2.05) is 0 Å². The van der Waals surface area contributed by atoms with Crippen molar-refractivity contribution < 1.29 is 27.2 Å². The number of amides is 1. The second-order valence-corrected chi connectivity index (χ2v) is 10.6. The van der Waals surface area contributed by atoms with Crippen LogP contribution in [0.4, 0.5) is 17.6 Å². The van der Waals surface area contributed by atoms with Gasteiger partial charge in [-0.15, -0.1) is 0 Å². The summed E-state index contributed by atoms with van der Waals surface area (Å²) in [6.07, 6.45) is -5.49. The summed E-state index contributed by atoms with van der Waals surface area (Å²) in [4.78, 5) is 42.2. The number of hydrogen-bond donors (Lipinski definition) is 1. The first-order chi connectivity index (χ1) is 17.8. The van der Waals surface area contributed by atoms with Crippen LogP contribution in [0.2, 0.25) is 0 Å². The van der Waals surface area contributed by atoms with Gasteiger partial charge in [0.25, 0.3) is 11.5 Å². The van der Waals surface area contributed by atoms with E-state index in [4.69, 9.17) is 0 Å². The zero-order valence-electron chi connectivity index (χ0n) is 20.9. The summed E-state index contributed by atoms with van der Waals surface area (Å²) >= 11 is 0. The summed E-state index contributed by atoms with van der Waals surface area (Å²) in [7, 11) is 0. The molecule has 0 fully saturated rings. The average molecular weight is 528 g/mol. The van der Waals surface area contributed by atoms with Gasteiger partial charge in [0.2, 0.25) is 5.41 Å². The van der Waals surface area contributed by atoms with Crippen molar-refractivity contribution in [3.63, 3.8) is 0 Å². The van der Waals surface area contributed by atoms with Crippen molar-refractivity contribution in [1.29, 1.82) is 0 Å². The number of aryl methyl sites for hydroxylation is 1. The van der Waals surface area contributed by atoms with Crippen molar-refractivity contribution in [1.82, 2.24) is 14.7 Å². The molecule has 0 saturated carbocycles. The maximum absolute atomic E-state index is 15.4. The lowest BCUT2D eigenvalue weighted by Crippen LogP contribution is -2.55. The van der Waals surface area contributed by atoms with Gasteiger partial charge in [0.15, 0.2) is 5.78 Å². The molecule has 0 radical (unpaired) electrons. The highest BCUT2D eigenvalue weighted by molar-refractivity contribution is 6.13. The molecule has 1 N–H and O–H groups in total. The Morgan fingerprint density at radius 3 is 2.18 bits per heavy atom. The first-order valence-electron chi connectivity index (χ1n) is 12.1. The molecule has 2 heterocycles. The Balaban J connectivity index is 1.80. The molecule has 5 rings (SSSR count). The van der Waals surface area contributed by atoms with Gasteiger partial charge in [-0.05, 0) is 48.6 Å². The Bertz CT molecular complexity index is 1530. The molecule has 0 bridgehead atoms. The smallest absolute Gasteiger partial charge is 0.310 e. The highest BCUT2D eigenvalue weighted by Gasteiger charge is 2.73. The molecule has 10 heteroatoms. The first-order valence-corrected chi connectivity index (χ1v) is 12.1. The topological polar surface area (TPSA) is 75.2 Å². The molecule has 1 aliphatic carbocycles. The van der Waals surface area contributed by atoms with E-state index in [0.717, 1.165) is 21.7 Å². The van der Waals surface area contributed by atoms with Gasteiger partial charge in [0.05, 0.1) is 17.8 Å². The molecular formula is C28H25F4N3O3. The highest BCUT2D eigenvalue weighted by Crippen LogP contribution is 2.57. The molecule has 1 unspecified atom stereocenters. The van der Waals surface area contributed by atoms with Crippen molar-refractivity contribution in [2.75, 3.05) is 0 Å². The fraction of sp³-hybridized carbons (Fsp3) is 0.321. The first kappa shape index (κ1) is 25.7. The van der Waals surface area contributed by atoms with Crippen LogP contribution < -0.4 is 5.56 Å². The lowest BCUT2D eigenvalue weighted by atomic mass is 9.66. The standard InChI is InChI=1S/C28H25F4N3O3/c1-16-22(24(37)35(33-16)19-7-5-4-6-8-19)27(28(30,31)32)23-20(13-26(2,3)14-21(23)36)34(25(27)38)15-17-9-11-18(29)12-10-17/h4-12,33H,13-15H2,1-3H3. The third-order valence-electron chi connectivity index (χ3n) is 7.26. The third-order valence-corrected chi connectivity index (χ3v) is 7.26. The summed E-state index contributed by atoms with van der Waals surface area (Å²) in [5.41, 5.74) is -6.33. The molecule has 3 aromatic rings. The quantitative estimate of drug-likeness (QED) is 0.480. The SMILES string of the molecule is Cc1[nH]n(-c2ccccc2)c(=O)c1C1(C(F)(F)F)C(=O)N(Cc2ccc(F)cc2)C2=C1C(=O)CC(C)(C)C2. The number of Topliss-reactive ketones (excluding diaryl/α,β-unsaturated/α-hetero) is 1. The minimum absolute atomic E-state index is 0.0230. The number of para-hydroxylation sites is 1. The summed E-state index contributed by atoms with van der Waals surface area (Å²) in [6, 6.07) is 13.0. The van der Waals surface area contributed by atoms with Crippen LogP contribution >= 0.6 is 0 Å². The predicted molar refractivity (Wildman–Crippen MR) is 131 cm³/mol. The minimum Gasteiger partial charge on any atom is -0.310 e. The minimum atomic E-state index is -5.31. The second-order valence-electron chi connectivity index (χ2n) is 10.6. The molecule has 0 saturated heterocycles. The van der Waals surface area contributed by atoms with Crippen LogP contribution in [0.1, 0.15) is 43.5 Å². The van der Waals surface area contributed by atoms with Gasteiger partial charge >= 0.3 is 6.18 Å². The number of halogens is 4. The molecule has 6 nitrogen and oxygen atoms in total. The number of nitrogens with zero attached hydrogens (tertiary/aromatic N) is 2. The number of alkyl halides is 3. The van der Waals surface area contributed by atoms with Crippen LogP contribution in [0.5, 0.6) is 0 Å². The largest absolute Gasteiger partial charge is 0.411 e. The van der Waals surface area contributed by atoms with Gasteiger partial charge in [-0.3, -0.25) is 19.5 Å². The number of H-pyrrole nitrogens is 1. The number of rotatable bonds is 4. The maximum Gasteiger partial charge on any atom is 0.411 e. The lowest BCUT2D eigenvalue weighted by Gasteiger charge is -2.35. The van der Waals surface area contributed by atoms with E-state index in [9.17, 15) is 18.8 Å². The van der Waals surface area contributed by atoms with E-state index in [-0.39, 0.29) is 36.5 Å². The van der Waals surface area contributed by atoms with Crippen molar-refractivity contribution >= 4 is 11.7 Å². The highest BCUT2D eigenvalue weighted by atomic mass is 19.4. The fourth-order valence-electron chi connectivity index (χ4n) is 5.70. The van der Waals surface area contributed by atoms with Gasteiger partial charge < -0.3 is 4.90 Å². The monoisotopic (exact) mass is 527 g/mol. The molecule has 2 aliphatic rings. The number of aromatic nitrogens is 2. The molecule has 1 aromatic heterocycles. The molecule has 0 spiro atoms. The van der Waals surface area contributed by atoms with E-state index in [1.165, 1.54) is 31.2 Å². The van der Waals surface area contributed by atoms with Gasteiger partial charge in [-0.1, -0.05) is 44.2 Å². The second kappa shape index (κ2) is 8.54. The Hall–Kier alpha value is -3.95. The summed E-state index contributed by atoms with van der Waals surface area (Å²) in [5.74, 6) is -2.77. The van der Waals surface area contributed by atoms with Crippen LogP contribution in [-0.4, -0.2) is 32.5 Å². The Morgan fingerprint density at radius 2 is 1.58 bits per heavy atom. The van der Waals surface area contributed by atoms with Gasteiger partial charge in [0.1, 0.15) is 5.82 Å². The van der Waals surface area contributed by atoms with Gasteiger partial charge in [-0.2, -0.15) is 13.2 Å². The van der Waals surface area contributed by atoms with Crippen LogP contribution in [0.25, 0.3) is 5.69 Å². The zero-order valence-corrected chi connectivity index (χ0v) is 20.9. The van der Waals surface area contributed by atoms with Crippen molar-refractivity contribution in [2.45, 2.75) is 51.7 Å². The van der Waals surface area contributed by atoms with Crippen molar-refractivity contribution in [3.8, 4) is 5.69 Å². The molecule has 1 atom stereocenters. The number of carbonyl (C=O) groups is 2. The van der Waals surface area contributed by atoms with E-state index >= 15 is 13.2 Å². The number of ketones is 1. The van der Waals surface area contributed by atoms with Gasteiger partial charge in [0, 0.05) is 23.4 Å². The molecule has 198 valence electrons. The number of aromatic amines is 1. The van der Waals surface area contributed by atoms with E-state index in [1.54, 1.807) is 32.0 Å². The summed E-state index contributed by atoms with van der Waals surface area (Å²) in [5, 5.41) is 2.68. The molecule has 1 amide bonds. The lowest BCUT2D eigenvalue weighted by molar-refractivity contribution is -0.189. The van der Waals surface area contributed by atoms with Crippen molar-refractivity contribution in [2.24, 2.45) is 5.41 Å². The fourth-order valence-corrected chi connectivity index (χ4v) is 5.70. The normalized spacial score (nSPS) is 21.3. The molecule has 38 heavy (non-hydrogen) atoms. The zero-order chi connectivity index (χ0) is 27.6. The number of benzene rings is 2. The van der Waals surface area contributed by atoms with Crippen molar-refractivity contribution in [3.05, 3.63) is 98.9 Å². The summed E-state index contributed by atoms with van der Waals surface area (Å²) < 4.78 is 60.6. The van der Waals surface area contributed by atoms with E-state index < -0.39 is 51.2 Å². The summed E-state index contributed by atoms with van der Waals surface area (Å²) in [6.45, 7) is 4.46. The maximum atomic E-state index is 15.4. The molecule has 2 aromatic carbocycles. The van der Waals surface area contributed by atoms with Crippen LogP contribution in [0.15, 0.2) is 70.7 Å². The Kier molecular flexibility index (Phi) is 5.77. The third kappa shape index (κ3) is 3.73. The number of hydrogen-bond acceptors (Lipinski definition) is 3. The van der Waals surface area contributed by atoms with Crippen LogP contribution in [-0.2, 0) is 21.5 Å². The Labute approximate surface area is 215 Å². The predicted octanol–water partition coefficient (Wildman–Crippen LogP) is 5.10. The average Bonchev–Trinajstić information content (AvgIpc) is 3.25. The van der Waals surface area contributed by atoms with Crippen LogP contribution in [0.3, 0.4) is 0 Å². The van der Waals surface area contributed by atoms with Gasteiger partial charge in [-0.25, -0.2) is 9.07 Å². The molecule has 1 aliphatic heterocycles. The number of carbonyl (C=O) groups excluding carboxylic acids is 2. The number of nitrogens with one attached hydrogen (secondary N) is 1.